The molecule has 1 atom stereocenters. The monoisotopic (exact) mass is 320 g/mol. The highest BCUT2D eigenvalue weighted by molar-refractivity contribution is 5.16. The Morgan fingerprint density at radius 2 is 2.13 bits per heavy atom. The predicted octanol–water partition coefficient (Wildman–Crippen LogP) is 3.15. The summed E-state index contributed by atoms with van der Waals surface area (Å²) in [6, 6.07) is 7.56. The number of rotatable bonds is 3. The summed E-state index contributed by atoms with van der Waals surface area (Å²) >= 11 is 0. The van der Waals surface area contributed by atoms with E-state index in [1.54, 1.807) is 12.1 Å². The van der Waals surface area contributed by atoms with Crippen LogP contribution < -0.4 is 0 Å². The van der Waals surface area contributed by atoms with Gasteiger partial charge in [-0.3, -0.25) is 9.80 Å². The predicted molar refractivity (Wildman–Crippen MR) is 90.9 cm³/mol. The van der Waals surface area contributed by atoms with Gasteiger partial charge in [-0.05, 0) is 50.9 Å². The highest BCUT2D eigenvalue weighted by Gasteiger charge is 2.39. The van der Waals surface area contributed by atoms with Crippen LogP contribution in [0.5, 0.6) is 0 Å². The van der Waals surface area contributed by atoms with Gasteiger partial charge in [0.15, 0.2) is 0 Å². The number of benzene rings is 1. The number of ether oxygens (including phenoxy) is 1. The first kappa shape index (κ1) is 16.9. The number of hydrogen-bond acceptors (Lipinski definition) is 3. The average Bonchev–Trinajstić information content (AvgIpc) is 2.70. The summed E-state index contributed by atoms with van der Waals surface area (Å²) in [5.41, 5.74) is 1.30. The molecule has 2 aliphatic heterocycles. The molecule has 2 aliphatic rings. The normalized spacial score (nSPS) is 27.5. The van der Waals surface area contributed by atoms with Crippen LogP contribution >= 0.6 is 0 Å². The van der Waals surface area contributed by atoms with Gasteiger partial charge >= 0.3 is 0 Å². The Balaban J connectivity index is 1.68. The minimum atomic E-state index is -0.141. The number of likely N-dealkylation sites (tertiary alicyclic amines) is 1. The second-order valence-electron chi connectivity index (χ2n) is 7.56. The largest absolute Gasteiger partial charge is 0.379 e. The van der Waals surface area contributed by atoms with Crippen LogP contribution in [0.1, 0.15) is 32.3 Å². The van der Waals surface area contributed by atoms with Gasteiger partial charge < -0.3 is 4.74 Å². The first-order valence-electron chi connectivity index (χ1n) is 8.85. The van der Waals surface area contributed by atoms with Crippen LogP contribution in [0, 0.1) is 11.2 Å². The number of piperidine rings is 1. The van der Waals surface area contributed by atoms with E-state index in [0.29, 0.717) is 6.04 Å². The molecule has 0 unspecified atom stereocenters. The first-order chi connectivity index (χ1) is 11.1. The molecular formula is C19H29FN2O. The summed E-state index contributed by atoms with van der Waals surface area (Å²) in [6.07, 6.45) is 2.43. The van der Waals surface area contributed by atoms with Crippen molar-refractivity contribution < 1.29 is 9.13 Å². The molecule has 23 heavy (non-hydrogen) atoms. The lowest BCUT2D eigenvalue weighted by Crippen LogP contribution is -2.51. The molecule has 0 saturated carbocycles. The van der Waals surface area contributed by atoms with Gasteiger partial charge in [-0.2, -0.15) is 0 Å². The van der Waals surface area contributed by atoms with Crippen molar-refractivity contribution in [1.82, 2.24) is 9.80 Å². The number of hydrogen-bond donors (Lipinski definition) is 0. The van der Waals surface area contributed by atoms with E-state index < -0.39 is 0 Å². The smallest absolute Gasteiger partial charge is 0.123 e. The van der Waals surface area contributed by atoms with E-state index >= 15 is 0 Å². The van der Waals surface area contributed by atoms with Crippen LogP contribution in [0.15, 0.2) is 24.3 Å². The second-order valence-corrected chi connectivity index (χ2v) is 7.56. The van der Waals surface area contributed by atoms with Crippen molar-refractivity contribution >= 4 is 0 Å². The Bertz CT molecular complexity index is 522. The molecular weight excluding hydrogens is 291 g/mol. The SMILES string of the molecule is CC(C)N1CCOC[C@@]2(CCCN(Cc3cccc(F)c3)C2)C1. The molecule has 2 heterocycles. The fourth-order valence-corrected chi connectivity index (χ4v) is 4.05. The third-order valence-electron chi connectivity index (χ3n) is 5.24. The zero-order valence-electron chi connectivity index (χ0n) is 14.4. The fraction of sp³-hybridized carbons (Fsp3) is 0.684. The van der Waals surface area contributed by atoms with Crippen LogP contribution in [0.3, 0.4) is 0 Å². The van der Waals surface area contributed by atoms with Crippen molar-refractivity contribution in [3.63, 3.8) is 0 Å². The van der Waals surface area contributed by atoms with Crippen molar-refractivity contribution in [2.24, 2.45) is 5.41 Å². The lowest BCUT2D eigenvalue weighted by Gasteiger charge is -2.44. The van der Waals surface area contributed by atoms with Crippen LogP contribution in [0.25, 0.3) is 0 Å². The van der Waals surface area contributed by atoms with E-state index in [0.717, 1.165) is 51.5 Å². The molecule has 0 bridgehead atoms. The summed E-state index contributed by atoms with van der Waals surface area (Å²) in [6.45, 7) is 11.4. The van der Waals surface area contributed by atoms with Crippen molar-refractivity contribution in [3.05, 3.63) is 35.6 Å². The summed E-state index contributed by atoms with van der Waals surface area (Å²) in [5.74, 6) is -0.141. The van der Waals surface area contributed by atoms with Crippen LogP contribution in [-0.4, -0.2) is 55.2 Å². The Kier molecular flexibility index (Phi) is 5.34. The molecule has 0 aromatic heterocycles. The van der Waals surface area contributed by atoms with Crippen molar-refractivity contribution in [1.29, 1.82) is 0 Å². The Hall–Kier alpha value is -0.970. The molecule has 2 fully saturated rings. The third kappa shape index (κ3) is 4.31. The molecule has 0 radical (unpaired) electrons. The first-order valence-corrected chi connectivity index (χ1v) is 8.85. The lowest BCUT2D eigenvalue weighted by atomic mass is 9.79. The van der Waals surface area contributed by atoms with Gasteiger partial charge in [0.05, 0.1) is 13.2 Å². The van der Waals surface area contributed by atoms with Gasteiger partial charge in [-0.25, -0.2) is 4.39 Å². The van der Waals surface area contributed by atoms with Crippen molar-refractivity contribution in [2.45, 2.75) is 39.3 Å². The molecule has 0 amide bonds. The summed E-state index contributed by atoms with van der Waals surface area (Å²) in [4.78, 5) is 5.03. The maximum atomic E-state index is 13.4. The molecule has 2 saturated heterocycles. The Labute approximate surface area is 139 Å². The van der Waals surface area contributed by atoms with Gasteiger partial charge in [0.1, 0.15) is 5.82 Å². The number of halogens is 1. The van der Waals surface area contributed by atoms with Crippen molar-refractivity contribution in [2.75, 3.05) is 39.4 Å². The van der Waals surface area contributed by atoms with E-state index in [9.17, 15) is 4.39 Å². The molecule has 1 spiro atoms. The average molecular weight is 320 g/mol. The minimum Gasteiger partial charge on any atom is -0.379 e. The van der Waals surface area contributed by atoms with Gasteiger partial charge in [-0.15, -0.1) is 0 Å². The zero-order valence-corrected chi connectivity index (χ0v) is 14.4. The topological polar surface area (TPSA) is 15.7 Å². The highest BCUT2D eigenvalue weighted by Crippen LogP contribution is 2.34. The number of nitrogens with zero attached hydrogens (tertiary/aromatic N) is 2. The molecule has 3 nitrogen and oxygen atoms in total. The van der Waals surface area contributed by atoms with Crippen molar-refractivity contribution in [3.8, 4) is 0 Å². The molecule has 3 rings (SSSR count). The highest BCUT2D eigenvalue weighted by atomic mass is 19.1. The van der Waals surface area contributed by atoms with Gasteiger partial charge in [-0.1, -0.05) is 12.1 Å². The Morgan fingerprint density at radius 1 is 1.26 bits per heavy atom. The maximum Gasteiger partial charge on any atom is 0.123 e. The molecule has 4 heteroatoms. The summed E-state index contributed by atoms with van der Waals surface area (Å²) in [5, 5.41) is 0. The minimum absolute atomic E-state index is 0.141. The van der Waals surface area contributed by atoms with E-state index in [1.165, 1.54) is 18.9 Å². The molecule has 0 aliphatic carbocycles. The van der Waals surface area contributed by atoms with Crippen LogP contribution in [0.4, 0.5) is 4.39 Å². The van der Waals surface area contributed by atoms with Gasteiger partial charge in [0.25, 0.3) is 0 Å². The van der Waals surface area contributed by atoms with Crippen LogP contribution in [0.2, 0.25) is 0 Å². The fourth-order valence-electron chi connectivity index (χ4n) is 4.05. The summed E-state index contributed by atoms with van der Waals surface area (Å²) in [7, 11) is 0. The second kappa shape index (κ2) is 7.29. The standard InChI is InChI=1S/C19H29FN2O/c1-16(2)22-9-10-23-15-19(14-22)7-4-8-21(13-19)12-17-5-3-6-18(20)11-17/h3,5-6,11,16H,4,7-10,12-15H2,1-2H3/t19-/m1/s1. The van der Waals surface area contributed by atoms with E-state index in [1.807, 2.05) is 6.07 Å². The lowest BCUT2D eigenvalue weighted by molar-refractivity contribution is 0.000947. The van der Waals surface area contributed by atoms with Crippen LogP contribution in [-0.2, 0) is 11.3 Å². The molecule has 1 aromatic rings. The van der Waals surface area contributed by atoms with Gasteiger partial charge in [0.2, 0.25) is 0 Å². The van der Waals surface area contributed by atoms with E-state index in [-0.39, 0.29) is 11.2 Å². The molecule has 0 N–H and O–H groups in total. The van der Waals surface area contributed by atoms with Gasteiger partial charge in [0, 0.05) is 37.6 Å². The van der Waals surface area contributed by atoms with E-state index in [2.05, 4.69) is 23.6 Å². The molecule has 1 aromatic carbocycles. The maximum absolute atomic E-state index is 13.4. The zero-order chi connectivity index (χ0) is 16.3. The Morgan fingerprint density at radius 3 is 2.91 bits per heavy atom. The quantitative estimate of drug-likeness (QED) is 0.851. The summed E-state index contributed by atoms with van der Waals surface area (Å²) < 4.78 is 19.4. The third-order valence-corrected chi connectivity index (χ3v) is 5.24. The molecule has 128 valence electrons. The van der Waals surface area contributed by atoms with E-state index in [4.69, 9.17) is 4.74 Å².